The Morgan fingerprint density at radius 2 is 2.08 bits per heavy atom. The van der Waals surface area contributed by atoms with Gasteiger partial charge < -0.3 is 10.4 Å². The van der Waals surface area contributed by atoms with Crippen LogP contribution in [0.2, 0.25) is 0 Å². The molecule has 7 nitrogen and oxygen atoms in total. The third-order valence-corrected chi connectivity index (χ3v) is 3.73. The van der Waals surface area contributed by atoms with Gasteiger partial charge >= 0.3 is 0 Å². The van der Waals surface area contributed by atoms with Crippen LogP contribution in [-0.2, 0) is 11.2 Å². The Balaban J connectivity index is 2.12. The van der Waals surface area contributed by atoms with Crippen molar-refractivity contribution in [1.82, 2.24) is 25.5 Å². The summed E-state index contributed by atoms with van der Waals surface area (Å²) in [7, 11) is 0. The molecule has 1 heterocycles. The molecule has 0 aliphatic carbocycles. The van der Waals surface area contributed by atoms with Gasteiger partial charge in [-0.2, -0.15) is 0 Å². The maximum absolute atomic E-state index is 13.1. The molecule has 2 unspecified atom stereocenters. The number of aromatic nitrogens is 4. The highest BCUT2D eigenvalue weighted by Gasteiger charge is 2.24. The summed E-state index contributed by atoms with van der Waals surface area (Å²) in [4.78, 5) is 12.6. The first-order chi connectivity index (χ1) is 11.5. The molecule has 8 heteroatoms. The summed E-state index contributed by atoms with van der Waals surface area (Å²) in [5.41, 5.74) is 0.792. The van der Waals surface area contributed by atoms with Crippen molar-refractivity contribution < 1.29 is 14.3 Å². The zero-order valence-electron chi connectivity index (χ0n) is 13.8. The number of aliphatic hydroxyl groups is 1. The monoisotopic (exact) mass is 335 g/mol. The molecule has 1 aromatic carbocycles. The van der Waals surface area contributed by atoms with Crippen LogP contribution in [0.15, 0.2) is 24.3 Å². The van der Waals surface area contributed by atoms with E-state index in [9.17, 15) is 14.3 Å². The second-order valence-electron chi connectivity index (χ2n) is 5.70. The first kappa shape index (κ1) is 18.0. The summed E-state index contributed by atoms with van der Waals surface area (Å²) >= 11 is 0. The zero-order chi connectivity index (χ0) is 17.5. The van der Waals surface area contributed by atoms with Crippen LogP contribution >= 0.6 is 0 Å². The Morgan fingerprint density at radius 1 is 1.38 bits per heavy atom. The van der Waals surface area contributed by atoms with Gasteiger partial charge in [-0.15, -0.1) is 5.10 Å². The van der Waals surface area contributed by atoms with Crippen LogP contribution in [0.3, 0.4) is 0 Å². The standard InChI is InChI=1S/C16H22FN5O2/c1-3-4-14(23)10-18-16(24)15(22-11(2)19-20-21-22)9-12-5-7-13(17)8-6-12/h5-8,14-15,23H,3-4,9-10H2,1-2H3,(H,18,24). The van der Waals surface area contributed by atoms with Gasteiger partial charge in [0, 0.05) is 13.0 Å². The summed E-state index contributed by atoms with van der Waals surface area (Å²) in [6, 6.07) is 5.28. The molecule has 130 valence electrons. The van der Waals surface area contributed by atoms with Gasteiger partial charge in [-0.25, -0.2) is 9.07 Å². The number of benzene rings is 1. The Bertz CT molecular complexity index is 659. The number of nitrogens with one attached hydrogen (secondary N) is 1. The van der Waals surface area contributed by atoms with E-state index in [0.717, 1.165) is 12.0 Å². The minimum Gasteiger partial charge on any atom is -0.391 e. The van der Waals surface area contributed by atoms with Crippen LogP contribution in [0.5, 0.6) is 0 Å². The van der Waals surface area contributed by atoms with Crippen LogP contribution in [0.25, 0.3) is 0 Å². The van der Waals surface area contributed by atoms with Crippen LogP contribution in [0.4, 0.5) is 4.39 Å². The minimum atomic E-state index is -0.667. The molecule has 2 atom stereocenters. The smallest absolute Gasteiger partial charge is 0.245 e. The fourth-order valence-corrected chi connectivity index (χ4v) is 2.43. The summed E-state index contributed by atoms with van der Waals surface area (Å²) < 4.78 is 14.5. The number of amides is 1. The quantitative estimate of drug-likeness (QED) is 0.756. The number of hydrogen-bond acceptors (Lipinski definition) is 5. The van der Waals surface area contributed by atoms with Gasteiger partial charge in [0.1, 0.15) is 17.7 Å². The average Bonchev–Trinajstić information content (AvgIpc) is 2.98. The van der Waals surface area contributed by atoms with Crippen molar-refractivity contribution in [2.24, 2.45) is 0 Å². The number of tetrazole rings is 1. The van der Waals surface area contributed by atoms with Crippen molar-refractivity contribution in [1.29, 1.82) is 0 Å². The fraction of sp³-hybridized carbons (Fsp3) is 0.500. The van der Waals surface area contributed by atoms with Crippen molar-refractivity contribution in [2.45, 2.75) is 45.3 Å². The number of aryl methyl sites for hydroxylation is 1. The van der Waals surface area contributed by atoms with Crippen molar-refractivity contribution >= 4 is 5.91 Å². The van der Waals surface area contributed by atoms with Crippen LogP contribution in [0.1, 0.15) is 37.2 Å². The largest absolute Gasteiger partial charge is 0.391 e. The molecule has 24 heavy (non-hydrogen) atoms. The SMILES string of the molecule is CCCC(O)CNC(=O)C(Cc1ccc(F)cc1)n1nnnc1C. The molecular formula is C16H22FN5O2. The minimum absolute atomic E-state index is 0.174. The van der Waals surface area contributed by atoms with Gasteiger partial charge in [0.05, 0.1) is 6.10 Å². The van der Waals surface area contributed by atoms with Crippen LogP contribution in [-0.4, -0.2) is 43.9 Å². The molecule has 0 spiro atoms. The molecule has 1 aromatic heterocycles. The first-order valence-corrected chi connectivity index (χ1v) is 7.96. The lowest BCUT2D eigenvalue weighted by molar-refractivity contribution is -0.125. The van der Waals surface area contributed by atoms with E-state index in [1.807, 2.05) is 6.92 Å². The average molecular weight is 335 g/mol. The van der Waals surface area contributed by atoms with E-state index < -0.39 is 12.1 Å². The predicted octanol–water partition coefficient (Wildman–Crippen LogP) is 1.18. The van der Waals surface area contributed by atoms with Crippen LogP contribution in [0, 0.1) is 12.7 Å². The van der Waals surface area contributed by atoms with Gasteiger partial charge in [0.15, 0.2) is 0 Å². The van der Waals surface area contributed by atoms with Crippen molar-refractivity contribution in [3.05, 3.63) is 41.5 Å². The lowest BCUT2D eigenvalue weighted by Crippen LogP contribution is -2.39. The van der Waals surface area contributed by atoms with E-state index in [-0.39, 0.29) is 18.3 Å². The summed E-state index contributed by atoms with van der Waals surface area (Å²) in [5, 5.41) is 23.8. The van der Waals surface area contributed by atoms with E-state index in [4.69, 9.17) is 0 Å². The highest BCUT2D eigenvalue weighted by molar-refractivity contribution is 5.80. The molecule has 2 rings (SSSR count). The Morgan fingerprint density at radius 3 is 2.67 bits per heavy atom. The van der Waals surface area contributed by atoms with Gasteiger partial charge in [-0.05, 0) is 41.5 Å². The highest BCUT2D eigenvalue weighted by Crippen LogP contribution is 2.15. The molecule has 0 bridgehead atoms. The molecule has 0 radical (unpaired) electrons. The number of carbonyl (C=O) groups excluding carboxylic acids is 1. The lowest BCUT2D eigenvalue weighted by atomic mass is 10.0. The van der Waals surface area contributed by atoms with Crippen molar-refractivity contribution in [3.8, 4) is 0 Å². The lowest BCUT2D eigenvalue weighted by Gasteiger charge is -2.19. The number of carbonyl (C=O) groups is 1. The fourth-order valence-electron chi connectivity index (χ4n) is 2.43. The van der Waals surface area contributed by atoms with E-state index >= 15 is 0 Å². The number of rotatable bonds is 8. The van der Waals surface area contributed by atoms with Gasteiger partial charge in [-0.3, -0.25) is 4.79 Å². The van der Waals surface area contributed by atoms with Gasteiger partial charge in [-0.1, -0.05) is 25.5 Å². The molecular weight excluding hydrogens is 313 g/mol. The third kappa shape index (κ3) is 4.82. The number of nitrogens with zero attached hydrogens (tertiary/aromatic N) is 4. The maximum atomic E-state index is 13.1. The first-order valence-electron chi connectivity index (χ1n) is 7.96. The van der Waals surface area contributed by atoms with E-state index in [2.05, 4.69) is 20.8 Å². The summed E-state index contributed by atoms with van der Waals surface area (Å²) in [6.07, 6.45) is 1.19. The predicted molar refractivity (Wildman–Crippen MR) is 85.6 cm³/mol. The topological polar surface area (TPSA) is 92.9 Å². The van der Waals surface area contributed by atoms with Crippen LogP contribution < -0.4 is 5.32 Å². The Kier molecular flexibility index (Phi) is 6.36. The van der Waals surface area contributed by atoms with Gasteiger partial charge in [0.25, 0.3) is 0 Å². The number of hydrogen-bond donors (Lipinski definition) is 2. The zero-order valence-corrected chi connectivity index (χ0v) is 13.8. The van der Waals surface area contributed by atoms with Gasteiger partial charge in [0.2, 0.25) is 5.91 Å². The molecule has 0 aliphatic rings. The highest BCUT2D eigenvalue weighted by atomic mass is 19.1. The molecule has 2 aromatic rings. The molecule has 0 fully saturated rings. The van der Waals surface area contributed by atoms with E-state index in [1.165, 1.54) is 16.8 Å². The third-order valence-electron chi connectivity index (χ3n) is 3.73. The van der Waals surface area contributed by atoms with E-state index in [0.29, 0.717) is 18.7 Å². The molecule has 0 saturated heterocycles. The number of halogens is 1. The second kappa shape index (κ2) is 8.49. The normalized spacial score (nSPS) is 13.5. The Hall–Kier alpha value is -2.35. The van der Waals surface area contributed by atoms with Crippen molar-refractivity contribution in [3.63, 3.8) is 0 Å². The maximum Gasteiger partial charge on any atom is 0.245 e. The van der Waals surface area contributed by atoms with Crippen molar-refractivity contribution in [2.75, 3.05) is 6.54 Å². The summed E-state index contributed by atoms with van der Waals surface area (Å²) in [5.74, 6) is -0.114. The van der Waals surface area contributed by atoms with E-state index in [1.54, 1.807) is 19.1 Å². The molecule has 0 saturated carbocycles. The summed E-state index contributed by atoms with van der Waals surface area (Å²) in [6.45, 7) is 3.84. The molecule has 2 N–H and O–H groups in total. The second-order valence-corrected chi connectivity index (χ2v) is 5.70. The Labute approximate surface area is 139 Å². The molecule has 1 amide bonds. The molecule has 0 aliphatic heterocycles. The number of aliphatic hydroxyl groups excluding tert-OH is 1.